The molecule has 2 N–H and O–H groups in total. The van der Waals surface area contributed by atoms with E-state index in [9.17, 15) is 9.50 Å². The largest absolute Gasteiger partial charge is 0.387 e. The van der Waals surface area contributed by atoms with E-state index in [2.05, 4.69) is 29.2 Å². The molecule has 2 rings (SSSR count). The Balaban J connectivity index is 2.06. The van der Waals surface area contributed by atoms with Crippen molar-refractivity contribution in [2.24, 2.45) is 5.92 Å². The third-order valence-corrected chi connectivity index (χ3v) is 4.06. The number of aryl methyl sites for hydroxylation is 1. The molecule has 0 aliphatic rings. The topological polar surface area (TPSA) is 53.3 Å². The number of rotatable bonds is 8. The summed E-state index contributed by atoms with van der Waals surface area (Å²) in [6, 6.07) is 6.08. The second kappa shape index (κ2) is 8.45. The number of nitrogens with one attached hydrogen (secondary N) is 1. The molecule has 1 heterocycles. The Bertz CT molecular complexity index is 697. The second-order valence-corrected chi connectivity index (χ2v) is 7.06. The molecule has 0 saturated heterocycles. The van der Waals surface area contributed by atoms with Gasteiger partial charge in [0, 0.05) is 39.3 Å². The minimum absolute atomic E-state index is 0.336. The van der Waals surface area contributed by atoms with Crippen molar-refractivity contribution in [3.05, 3.63) is 46.9 Å². The fraction of sp³-hybridized carbons (Fsp3) is 0.526. The molecule has 0 spiro atoms. The van der Waals surface area contributed by atoms with Crippen molar-refractivity contribution < 1.29 is 9.50 Å². The molecule has 25 heavy (non-hydrogen) atoms. The smallest absolute Gasteiger partial charge is 0.131 e. The molecule has 0 radical (unpaired) electrons. The van der Waals surface area contributed by atoms with Gasteiger partial charge in [-0.05, 0) is 30.5 Å². The van der Waals surface area contributed by atoms with Gasteiger partial charge in [0.05, 0.1) is 11.8 Å². The Morgan fingerprint density at radius 1 is 1.32 bits per heavy atom. The van der Waals surface area contributed by atoms with Gasteiger partial charge in [-0.3, -0.25) is 0 Å². The van der Waals surface area contributed by atoms with Crippen molar-refractivity contribution in [2.75, 3.05) is 25.5 Å². The van der Waals surface area contributed by atoms with Gasteiger partial charge in [0.25, 0.3) is 0 Å². The summed E-state index contributed by atoms with van der Waals surface area (Å²) in [7, 11) is 4.02. The van der Waals surface area contributed by atoms with Crippen LogP contribution in [0.1, 0.15) is 36.8 Å². The van der Waals surface area contributed by atoms with Crippen LogP contribution in [0.2, 0.25) is 0 Å². The maximum atomic E-state index is 13.3. The van der Waals surface area contributed by atoms with Gasteiger partial charge in [-0.25, -0.2) is 9.07 Å². The van der Waals surface area contributed by atoms with Crippen LogP contribution >= 0.6 is 0 Å². The van der Waals surface area contributed by atoms with Crippen LogP contribution in [-0.4, -0.2) is 35.5 Å². The van der Waals surface area contributed by atoms with E-state index in [1.165, 1.54) is 12.1 Å². The first kappa shape index (κ1) is 19.4. The number of aliphatic hydroxyl groups excluding tert-OH is 1. The first-order valence-corrected chi connectivity index (χ1v) is 8.67. The van der Waals surface area contributed by atoms with Gasteiger partial charge in [-0.2, -0.15) is 5.10 Å². The van der Waals surface area contributed by atoms with Gasteiger partial charge >= 0.3 is 0 Å². The third kappa shape index (κ3) is 5.03. The number of benzene rings is 1. The summed E-state index contributed by atoms with van der Waals surface area (Å²) in [6.45, 7) is 8.16. The fourth-order valence-electron chi connectivity index (χ4n) is 2.95. The summed E-state index contributed by atoms with van der Waals surface area (Å²) >= 11 is 0. The fourth-order valence-corrected chi connectivity index (χ4v) is 2.95. The molecule has 6 heteroatoms. The average Bonchev–Trinajstić information content (AvgIpc) is 2.82. The van der Waals surface area contributed by atoms with Gasteiger partial charge in [0.2, 0.25) is 0 Å². The lowest BCUT2D eigenvalue weighted by molar-refractivity contribution is 0.174. The van der Waals surface area contributed by atoms with E-state index in [1.54, 1.807) is 12.1 Å². The van der Waals surface area contributed by atoms with Crippen LogP contribution in [0.15, 0.2) is 24.3 Å². The monoisotopic (exact) mass is 348 g/mol. The molecule has 0 amide bonds. The summed E-state index contributed by atoms with van der Waals surface area (Å²) in [5.41, 5.74) is 2.68. The maximum absolute atomic E-state index is 13.3. The predicted molar refractivity (Wildman–Crippen MR) is 99.2 cm³/mol. The molecule has 0 aliphatic carbocycles. The SMILES string of the molecule is Cc1nn(CC(C)C)c(N(C)C)c1CNC[C@H](O)c1cccc(F)c1. The number of hydrogen-bond acceptors (Lipinski definition) is 4. The predicted octanol–water partition coefficient (Wildman–Crippen LogP) is 2.88. The van der Waals surface area contributed by atoms with E-state index < -0.39 is 6.10 Å². The Hall–Kier alpha value is -1.92. The number of aliphatic hydroxyl groups is 1. The number of hydrogen-bond donors (Lipinski definition) is 2. The third-order valence-electron chi connectivity index (χ3n) is 4.06. The minimum Gasteiger partial charge on any atom is -0.387 e. The van der Waals surface area contributed by atoms with Crippen molar-refractivity contribution in [2.45, 2.75) is 40.0 Å². The van der Waals surface area contributed by atoms with Crippen LogP contribution in [-0.2, 0) is 13.1 Å². The van der Waals surface area contributed by atoms with E-state index in [0.717, 1.165) is 23.6 Å². The summed E-state index contributed by atoms with van der Waals surface area (Å²) in [5, 5.41) is 18.2. The molecular weight excluding hydrogens is 319 g/mol. The van der Waals surface area contributed by atoms with E-state index >= 15 is 0 Å². The van der Waals surface area contributed by atoms with E-state index in [1.807, 2.05) is 25.7 Å². The minimum atomic E-state index is -0.746. The van der Waals surface area contributed by atoms with Gasteiger partial charge in [-0.15, -0.1) is 0 Å². The van der Waals surface area contributed by atoms with Gasteiger partial charge < -0.3 is 15.3 Å². The van der Waals surface area contributed by atoms with E-state index in [-0.39, 0.29) is 5.82 Å². The normalized spacial score (nSPS) is 12.6. The molecule has 5 nitrogen and oxygen atoms in total. The molecule has 0 bridgehead atoms. The van der Waals surface area contributed by atoms with Crippen LogP contribution in [0.3, 0.4) is 0 Å². The summed E-state index contributed by atoms with van der Waals surface area (Å²) < 4.78 is 15.3. The molecule has 2 aromatic rings. The summed E-state index contributed by atoms with van der Waals surface area (Å²) in [4.78, 5) is 2.07. The van der Waals surface area contributed by atoms with Crippen molar-refractivity contribution in [3.8, 4) is 0 Å². The first-order valence-electron chi connectivity index (χ1n) is 8.67. The standard InChI is InChI=1S/C19H29FN4O/c1-13(2)12-24-19(23(4)5)17(14(3)22-24)10-21-11-18(25)15-7-6-8-16(20)9-15/h6-9,13,18,21,25H,10-12H2,1-5H3/t18-/m0/s1. The van der Waals surface area contributed by atoms with Crippen LogP contribution in [0.25, 0.3) is 0 Å². The second-order valence-electron chi connectivity index (χ2n) is 7.06. The Morgan fingerprint density at radius 3 is 2.64 bits per heavy atom. The number of anilines is 1. The number of halogens is 1. The van der Waals surface area contributed by atoms with Crippen LogP contribution < -0.4 is 10.2 Å². The maximum Gasteiger partial charge on any atom is 0.131 e. The van der Waals surface area contributed by atoms with Crippen LogP contribution in [0.4, 0.5) is 10.2 Å². The highest BCUT2D eigenvalue weighted by atomic mass is 19.1. The lowest BCUT2D eigenvalue weighted by atomic mass is 10.1. The van der Waals surface area contributed by atoms with Crippen LogP contribution in [0.5, 0.6) is 0 Å². The molecule has 1 aromatic heterocycles. The van der Waals surface area contributed by atoms with Crippen LogP contribution in [0, 0.1) is 18.7 Å². The van der Waals surface area contributed by atoms with Crippen molar-refractivity contribution >= 4 is 5.82 Å². The molecule has 0 aliphatic heterocycles. The molecule has 1 aromatic carbocycles. The van der Waals surface area contributed by atoms with Gasteiger partial charge in [-0.1, -0.05) is 26.0 Å². The number of nitrogens with zero attached hydrogens (tertiary/aromatic N) is 3. The summed E-state index contributed by atoms with van der Waals surface area (Å²) in [5.74, 6) is 1.25. The Labute approximate surface area is 149 Å². The zero-order valence-electron chi connectivity index (χ0n) is 15.8. The zero-order chi connectivity index (χ0) is 18.6. The van der Waals surface area contributed by atoms with Crippen molar-refractivity contribution in [3.63, 3.8) is 0 Å². The highest BCUT2D eigenvalue weighted by Crippen LogP contribution is 2.23. The Morgan fingerprint density at radius 2 is 2.04 bits per heavy atom. The highest BCUT2D eigenvalue weighted by Gasteiger charge is 2.18. The highest BCUT2D eigenvalue weighted by molar-refractivity contribution is 5.49. The summed E-state index contributed by atoms with van der Waals surface area (Å²) in [6.07, 6.45) is -0.746. The average molecular weight is 348 g/mol. The molecular formula is C19H29FN4O. The quantitative estimate of drug-likeness (QED) is 0.770. The Kier molecular flexibility index (Phi) is 6.56. The van der Waals surface area contributed by atoms with Crippen molar-refractivity contribution in [1.82, 2.24) is 15.1 Å². The number of aromatic nitrogens is 2. The molecule has 0 fully saturated rings. The van der Waals surface area contributed by atoms with E-state index in [0.29, 0.717) is 24.6 Å². The lowest BCUT2D eigenvalue weighted by Gasteiger charge is -2.19. The lowest BCUT2D eigenvalue weighted by Crippen LogP contribution is -2.23. The molecule has 1 atom stereocenters. The molecule has 0 saturated carbocycles. The van der Waals surface area contributed by atoms with E-state index in [4.69, 9.17) is 0 Å². The van der Waals surface area contributed by atoms with Gasteiger partial charge in [0.1, 0.15) is 11.6 Å². The first-order chi connectivity index (χ1) is 11.8. The van der Waals surface area contributed by atoms with Crippen molar-refractivity contribution in [1.29, 1.82) is 0 Å². The molecule has 0 unspecified atom stereocenters. The zero-order valence-corrected chi connectivity index (χ0v) is 15.8. The van der Waals surface area contributed by atoms with Gasteiger partial charge in [0.15, 0.2) is 0 Å². The molecule has 138 valence electrons.